The Bertz CT molecular complexity index is 281. The molecule has 0 radical (unpaired) electrons. The van der Waals surface area contributed by atoms with Crippen molar-refractivity contribution in [2.75, 3.05) is 66.0 Å². The van der Waals surface area contributed by atoms with Crippen molar-refractivity contribution in [3.05, 3.63) is 0 Å². The highest BCUT2D eigenvalue weighted by molar-refractivity contribution is 4.69. The van der Waals surface area contributed by atoms with Gasteiger partial charge in [-0.3, -0.25) is 0 Å². The van der Waals surface area contributed by atoms with Crippen LogP contribution in [0, 0.1) is 5.92 Å². The van der Waals surface area contributed by atoms with Crippen LogP contribution in [0.1, 0.15) is 41.5 Å². The molecule has 6 heteroatoms. The molecule has 0 aromatic heterocycles. The lowest BCUT2D eigenvalue weighted by atomic mass is 10.1. The molecule has 0 bridgehead atoms. The van der Waals surface area contributed by atoms with Gasteiger partial charge in [-0.05, 0) is 33.6 Å². The van der Waals surface area contributed by atoms with E-state index in [0.717, 1.165) is 6.54 Å². The standard InChI is InChI=1S/C19H41NO5/c1-17(2)18(3)25-16-15-24-14-13-23-12-11-22-10-9-21-8-7-20-19(4,5)6/h17-18,20H,7-16H2,1-6H3/t18-/m1/s1. The summed E-state index contributed by atoms with van der Waals surface area (Å²) in [6.07, 6.45) is 0.274. The zero-order chi connectivity index (χ0) is 19.0. The highest BCUT2D eigenvalue weighted by Crippen LogP contribution is 2.04. The fourth-order valence-electron chi connectivity index (χ4n) is 1.75. The molecule has 1 N–H and O–H groups in total. The molecular weight excluding hydrogens is 322 g/mol. The van der Waals surface area contributed by atoms with Crippen LogP contribution in [-0.2, 0) is 23.7 Å². The van der Waals surface area contributed by atoms with Crippen molar-refractivity contribution in [2.45, 2.75) is 53.2 Å². The number of ether oxygens (including phenoxy) is 5. The highest BCUT2D eigenvalue weighted by atomic mass is 16.6. The van der Waals surface area contributed by atoms with E-state index in [1.165, 1.54) is 0 Å². The zero-order valence-corrected chi connectivity index (χ0v) is 17.3. The van der Waals surface area contributed by atoms with Crippen molar-refractivity contribution in [1.82, 2.24) is 5.32 Å². The van der Waals surface area contributed by atoms with Gasteiger partial charge in [0.25, 0.3) is 0 Å². The molecule has 0 aliphatic carbocycles. The van der Waals surface area contributed by atoms with Crippen LogP contribution in [0.4, 0.5) is 0 Å². The van der Waals surface area contributed by atoms with E-state index in [1.807, 2.05) is 0 Å². The summed E-state index contributed by atoms with van der Waals surface area (Å²) in [7, 11) is 0. The molecule has 0 aliphatic heterocycles. The molecule has 0 heterocycles. The van der Waals surface area contributed by atoms with Crippen LogP contribution < -0.4 is 5.32 Å². The number of nitrogens with one attached hydrogen (secondary N) is 1. The first-order chi connectivity index (χ1) is 11.8. The molecule has 0 aromatic carbocycles. The minimum Gasteiger partial charge on any atom is -0.378 e. The van der Waals surface area contributed by atoms with Gasteiger partial charge < -0.3 is 29.0 Å². The Kier molecular flexibility index (Phi) is 15.8. The fourth-order valence-corrected chi connectivity index (χ4v) is 1.75. The van der Waals surface area contributed by atoms with E-state index in [9.17, 15) is 0 Å². The third-order valence-electron chi connectivity index (χ3n) is 3.57. The molecular formula is C19H41NO5. The van der Waals surface area contributed by atoms with Crippen LogP contribution in [-0.4, -0.2) is 77.6 Å². The lowest BCUT2D eigenvalue weighted by molar-refractivity contribution is -0.0274. The average molecular weight is 364 g/mol. The van der Waals surface area contributed by atoms with Gasteiger partial charge in [0.15, 0.2) is 0 Å². The van der Waals surface area contributed by atoms with E-state index in [0.29, 0.717) is 65.4 Å². The molecule has 0 saturated carbocycles. The molecule has 0 rings (SSSR count). The van der Waals surface area contributed by atoms with Gasteiger partial charge in [-0.15, -0.1) is 0 Å². The van der Waals surface area contributed by atoms with E-state index in [-0.39, 0.29) is 11.6 Å². The van der Waals surface area contributed by atoms with Gasteiger partial charge >= 0.3 is 0 Å². The quantitative estimate of drug-likeness (QED) is 0.401. The predicted molar refractivity (Wildman–Crippen MR) is 101 cm³/mol. The third-order valence-corrected chi connectivity index (χ3v) is 3.57. The van der Waals surface area contributed by atoms with E-state index in [2.05, 4.69) is 46.9 Å². The normalized spacial score (nSPS) is 13.6. The molecule has 1 atom stereocenters. The molecule has 0 saturated heterocycles. The Balaban J connectivity index is 3.10. The average Bonchev–Trinajstić information content (AvgIpc) is 2.53. The molecule has 0 spiro atoms. The monoisotopic (exact) mass is 363 g/mol. The van der Waals surface area contributed by atoms with Crippen molar-refractivity contribution in [3.63, 3.8) is 0 Å². The van der Waals surface area contributed by atoms with E-state index < -0.39 is 0 Å². The number of hydrogen-bond donors (Lipinski definition) is 1. The fraction of sp³-hybridized carbons (Fsp3) is 1.00. The lowest BCUT2D eigenvalue weighted by Gasteiger charge is -2.20. The van der Waals surface area contributed by atoms with E-state index in [1.54, 1.807) is 0 Å². The maximum absolute atomic E-state index is 5.63. The Morgan fingerprint density at radius 2 is 1.04 bits per heavy atom. The van der Waals surface area contributed by atoms with Gasteiger partial charge in [-0.2, -0.15) is 0 Å². The number of rotatable bonds is 17. The molecule has 0 aromatic rings. The van der Waals surface area contributed by atoms with Crippen molar-refractivity contribution in [3.8, 4) is 0 Å². The van der Waals surface area contributed by atoms with Crippen LogP contribution in [0.15, 0.2) is 0 Å². The molecule has 6 nitrogen and oxygen atoms in total. The Morgan fingerprint density at radius 3 is 1.44 bits per heavy atom. The molecule has 0 fully saturated rings. The number of hydrogen-bond acceptors (Lipinski definition) is 6. The van der Waals surface area contributed by atoms with Crippen LogP contribution in [0.5, 0.6) is 0 Å². The van der Waals surface area contributed by atoms with Crippen LogP contribution >= 0.6 is 0 Å². The summed E-state index contributed by atoms with van der Waals surface area (Å²) in [4.78, 5) is 0. The van der Waals surface area contributed by atoms with E-state index >= 15 is 0 Å². The minimum atomic E-state index is 0.139. The summed E-state index contributed by atoms with van der Waals surface area (Å²) in [6, 6.07) is 0. The summed E-state index contributed by atoms with van der Waals surface area (Å²) < 4.78 is 27.4. The van der Waals surface area contributed by atoms with Gasteiger partial charge in [0.05, 0.1) is 65.6 Å². The SMILES string of the molecule is CC(C)[C@@H](C)OCCOCCOCCOCCOCCNC(C)(C)C. The van der Waals surface area contributed by atoms with Gasteiger partial charge in [0.1, 0.15) is 0 Å². The van der Waals surface area contributed by atoms with Crippen LogP contribution in [0.25, 0.3) is 0 Å². The second-order valence-corrected chi connectivity index (χ2v) is 7.45. The minimum absolute atomic E-state index is 0.139. The highest BCUT2D eigenvalue weighted by Gasteiger charge is 2.07. The largest absolute Gasteiger partial charge is 0.378 e. The van der Waals surface area contributed by atoms with Gasteiger partial charge in [0, 0.05) is 12.1 Å². The zero-order valence-electron chi connectivity index (χ0n) is 17.3. The molecule has 0 aliphatic rings. The Hall–Kier alpha value is -0.240. The van der Waals surface area contributed by atoms with Crippen molar-refractivity contribution >= 4 is 0 Å². The molecule has 152 valence electrons. The van der Waals surface area contributed by atoms with Crippen molar-refractivity contribution in [1.29, 1.82) is 0 Å². The van der Waals surface area contributed by atoms with Gasteiger partial charge in [0.2, 0.25) is 0 Å². The first-order valence-electron chi connectivity index (χ1n) is 9.50. The summed E-state index contributed by atoms with van der Waals surface area (Å²) in [6.45, 7) is 19.2. The van der Waals surface area contributed by atoms with Crippen LogP contribution in [0.2, 0.25) is 0 Å². The van der Waals surface area contributed by atoms with Crippen molar-refractivity contribution in [2.24, 2.45) is 5.92 Å². The summed E-state index contributed by atoms with van der Waals surface area (Å²) in [5.41, 5.74) is 0.139. The maximum atomic E-state index is 5.63. The predicted octanol–water partition coefficient (Wildman–Crippen LogP) is 2.50. The van der Waals surface area contributed by atoms with E-state index in [4.69, 9.17) is 23.7 Å². The smallest absolute Gasteiger partial charge is 0.0704 e. The molecule has 25 heavy (non-hydrogen) atoms. The van der Waals surface area contributed by atoms with Gasteiger partial charge in [-0.25, -0.2) is 0 Å². The van der Waals surface area contributed by atoms with Crippen molar-refractivity contribution < 1.29 is 23.7 Å². The summed E-state index contributed by atoms with van der Waals surface area (Å²) in [5, 5.41) is 3.37. The third kappa shape index (κ3) is 19.9. The summed E-state index contributed by atoms with van der Waals surface area (Å²) >= 11 is 0. The first kappa shape index (κ1) is 24.8. The molecule has 0 unspecified atom stereocenters. The lowest BCUT2D eigenvalue weighted by Crippen LogP contribution is -2.38. The Labute approximate surface area is 154 Å². The second-order valence-electron chi connectivity index (χ2n) is 7.45. The first-order valence-corrected chi connectivity index (χ1v) is 9.50. The van der Waals surface area contributed by atoms with Gasteiger partial charge in [-0.1, -0.05) is 13.8 Å². The summed E-state index contributed by atoms with van der Waals surface area (Å²) in [5.74, 6) is 0.536. The molecule has 0 amide bonds. The maximum Gasteiger partial charge on any atom is 0.0704 e. The van der Waals surface area contributed by atoms with Crippen LogP contribution in [0.3, 0.4) is 0 Å². The Morgan fingerprint density at radius 1 is 0.640 bits per heavy atom. The second kappa shape index (κ2) is 16.0. The topological polar surface area (TPSA) is 58.2 Å².